The van der Waals surface area contributed by atoms with Crippen molar-refractivity contribution in [2.45, 2.75) is 58.5 Å². The first kappa shape index (κ1) is 18.2. The van der Waals surface area contributed by atoms with E-state index in [0.717, 1.165) is 5.56 Å². The largest absolute Gasteiger partial charge is 0.337 e. The van der Waals surface area contributed by atoms with Gasteiger partial charge in [-0.1, -0.05) is 43.3 Å². The zero-order valence-corrected chi connectivity index (χ0v) is 15.3. The molecule has 0 saturated heterocycles. The van der Waals surface area contributed by atoms with Crippen molar-refractivity contribution in [1.29, 1.82) is 0 Å². The third-order valence-corrected chi connectivity index (χ3v) is 4.50. The molecule has 0 aliphatic carbocycles. The van der Waals surface area contributed by atoms with Gasteiger partial charge in [-0.2, -0.15) is 0 Å². The molecule has 0 bridgehead atoms. The molecular weight excluding hydrogens is 296 g/mol. The maximum absolute atomic E-state index is 13.4. The van der Waals surface area contributed by atoms with Crippen LogP contribution in [0.4, 0.5) is 0 Å². The van der Waals surface area contributed by atoms with Gasteiger partial charge in [-0.3, -0.25) is 9.78 Å². The fourth-order valence-electron chi connectivity index (χ4n) is 3.42. The van der Waals surface area contributed by atoms with Gasteiger partial charge in [0, 0.05) is 24.5 Å². The van der Waals surface area contributed by atoms with Gasteiger partial charge in [0.25, 0.3) is 0 Å². The van der Waals surface area contributed by atoms with Crippen LogP contribution in [0.15, 0.2) is 54.9 Å². The van der Waals surface area contributed by atoms with E-state index in [1.165, 1.54) is 5.56 Å². The van der Waals surface area contributed by atoms with Gasteiger partial charge in [0.15, 0.2) is 0 Å². The van der Waals surface area contributed by atoms with Crippen LogP contribution in [0.1, 0.15) is 57.6 Å². The summed E-state index contributed by atoms with van der Waals surface area (Å²) in [6.07, 6.45) is 3.57. The molecular formula is C21H28N2O. The van der Waals surface area contributed by atoms with Crippen LogP contribution in [-0.4, -0.2) is 27.9 Å². The molecule has 2 aromatic rings. The van der Waals surface area contributed by atoms with Gasteiger partial charge in [0.2, 0.25) is 5.91 Å². The van der Waals surface area contributed by atoms with Crippen LogP contribution in [-0.2, 0) is 4.79 Å². The van der Waals surface area contributed by atoms with Gasteiger partial charge in [0.1, 0.15) is 0 Å². The third kappa shape index (κ3) is 4.02. The van der Waals surface area contributed by atoms with E-state index in [9.17, 15) is 4.79 Å². The number of hydrogen-bond acceptors (Lipinski definition) is 2. The van der Waals surface area contributed by atoms with E-state index in [1.807, 2.05) is 41.4 Å². The minimum atomic E-state index is -0.231. The molecule has 2 rings (SSSR count). The average Bonchev–Trinajstić information content (AvgIpc) is 2.56. The lowest BCUT2D eigenvalue weighted by Crippen LogP contribution is -2.45. The number of carbonyl (C=O) groups excluding carboxylic acids is 1. The standard InChI is InChI=1S/C21H28N2O/c1-15(2)23(16(3)4)21(24)20(19-12-9-13-22-14-19)17(5)18-10-7-6-8-11-18/h6-17,20H,1-5H3. The molecule has 0 N–H and O–H groups in total. The Morgan fingerprint density at radius 3 is 1.96 bits per heavy atom. The summed E-state index contributed by atoms with van der Waals surface area (Å²) in [7, 11) is 0. The summed E-state index contributed by atoms with van der Waals surface area (Å²) in [5.74, 6) is 0.0261. The molecule has 0 aliphatic rings. The van der Waals surface area contributed by atoms with Crippen molar-refractivity contribution in [2.24, 2.45) is 0 Å². The van der Waals surface area contributed by atoms with Crippen molar-refractivity contribution in [1.82, 2.24) is 9.88 Å². The number of aromatic nitrogens is 1. The van der Waals surface area contributed by atoms with Crippen LogP contribution in [0.5, 0.6) is 0 Å². The Kier molecular flexibility index (Phi) is 6.13. The highest BCUT2D eigenvalue weighted by Crippen LogP contribution is 2.35. The number of amides is 1. The van der Waals surface area contributed by atoms with Gasteiger partial charge in [-0.25, -0.2) is 0 Å². The smallest absolute Gasteiger partial charge is 0.231 e. The number of rotatable bonds is 6. The molecule has 2 unspecified atom stereocenters. The Hall–Kier alpha value is -2.16. The number of nitrogens with zero attached hydrogens (tertiary/aromatic N) is 2. The minimum Gasteiger partial charge on any atom is -0.337 e. The highest BCUT2D eigenvalue weighted by Gasteiger charge is 2.33. The summed E-state index contributed by atoms with van der Waals surface area (Å²) in [6.45, 7) is 10.4. The third-order valence-electron chi connectivity index (χ3n) is 4.50. The van der Waals surface area contributed by atoms with E-state index in [2.05, 4.69) is 51.7 Å². The zero-order valence-electron chi connectivity index (χ0n) is 15.3. The van der Waals surface area contributed by atoms with Gasteiger partial charge in [-0.05, 0) is 50.8 Å². The molecule has 1 heterocycles. The summed E-state index contributed by atoms with van der Waals surface area (Å²) in [4.78, 5) is 19.7. The first-order valence-electron chi connectivity index (χ1n) is 8.70. The van der Waals surface area contributed by atoms with E-state index >= 15 is 0 Å². The van der Waals surface area contributed by atoms with Gasteiger partial charge in [-0.15, -0.1) is 0 Å². The Bertz CT molecular complexity index is 629. The quantitative estimate of drug-likeness (QED) is 0.777. The highest BCUT2D eigenvalue weighted by atomic mass is 16.2. The zero-order chi connectivity index (χ0) is 17.7. The Morgan fingerprint density at radius 1 is 0.875 bits per heavy atom. The van der Waals surface area contributed by atoms with Crippen LogP contribution >= 0.6 is 0 Å². The van der Waals surface area contributed by atoms with Gasteiger partial charge >= 0.3 is 0 Å². The maximum Gasteiger partial charge on any atom is 0.231 e. The Labute approximate surface area is 145 Å². The van der Waals surface area contributed by atoms with E-state index < -0.39 is 0 Å². The number of hydrogen-bond donors (Lipinski definition) is 0. The first-order valence-corrected chi connectivity index (χ1v) is 8.70. The van der Waals surface area contributed by atoms with Crippen LogP contribution in [0.3, 0.4) is 0 Å². The summed E-state index contributed by atoms with van der Waals surface area (Å²) in [6, 6.07) is 14.5. The molecule has 3 nitrogen and oxygen atoms in total. The number of pyridine rings is 1. The van der Waals surface area contributed by atoms with Gasteiger partial charge in [0.05, 0.1) is 5.92 Å². The lowest BCUT2D eigenvalue weighted by molar-refractivity contribution is -0.137. The van der Waals surface area contributed by atoms with Crippen molar-refractivity contribution >= 4 is 5.91 Å². The van der Waals surface area contributed by atoms with E-state index in [1.54, 1.807) is 6.20 Å². The molecule has 0 aliphatic heterocycles. The monoisotopic (exact) mass is 324 g/mol. The van der Waals surface area contributed by atoms with Crippen LogP contribution < -0.4 is 0 Å². The molecule has 0 fully saturated rings. The molecule has 1 amide bonds. The number of carbonyl (C=O) groups is 1. The molecule has 1 aromatic carbocycles. The van der Waals surface area contributed by atoms with Crippen LogP contribution in [0, 0.1) is 0 Å². The Balaban J connectivity index is 2.46. The number of benzene rings is 1. The second kappa shape index (κ2) is 8.09. The lowest BCUT2D eigenvalue weighted by atomic mass is 9.82. The molecule has 0 spiro atoms. The van der Waals surface area contributed by atoms with Crippen LogP contribution in [0.25, 0.3) is 0 Å². The summed E-state index contributed by atoms with van der Waals surface area (Å²) < 4.78 is 0. The van der Waals surface area contributed by atoms with Crippen molar-refractivity contribution in [3.63, 3.8) is 0 Å². The lowest BCUT2D eigenvalue weighted by Gasteiger charge is -2.36. The predicted octanol–water partition coefficient (Wildman–Crippen LogP) is 4.61. The second-order valence-electron chi connectivity index (χ2n) is 6.90. The molecule has 3 heteroatoms. The average molecular weight is 324 g/mol. The molecule has 2 atom stereocenters. The Morgan fingerprint density at radius 2 is 1.46 bits per heavy atom. The predicted molar refractivity (Wildman–Crippen MR) is 99.0 cm³/mol. The molecule has 128 valence electrons. The van der Waals surface area contributed by atoms with Crippen molar-refractivity contribution < 1.29 is 4.79 Å². The van der Waals surface area contributed by atoms with Crippen molar-refractivity contribution in [3.8, 4) is 0 Å². The molecule has 0 saturated carbocycles. The van der Waals surface area contributed by atoms with E-state index in [0.29, 0.717) is 0 Å². The maximum atomic E-state index is 13.4. The fraction of sp³-hybridized carbons (Fsp3) is 0.429. The summed E-state index contributed by atoms with van der Waals surface area (Å²) in [5.41, 5.74) is 2.15. The van der Waals surface area contributed by atoms with Crippen LogP contribution in [0.2, 0.25) is 0 Å². The van der Waals surface area contributed by atoms with Gasteiger partial charge < -0.3 is 4.90 Å². The molecule has 24 heavy (non-hydrogen) atoms. The van der Waals surface area contributed by atoms with Crippen molar-refractivity contribution in [2.75, 3.05) is 0 Å². The topological polar surface area (TPSA) is 33.2 Å². The normalized spacial score (nSPS) is 13.8. The molecule has 0 radical (unpaired) electrons. The summed E-state index contributed by atoms with van der Waals surface area (Å²) in [5, 5.41) is 0. The molecule has 1 aromatic heterocycles. The van der Waals surface area contributed by atoms with E-state index in [4.69, 9.17) is 0 Å². The van der Waals surface area contributed by atoms with E-state index in [-0.39, 0.29) is 29.8 Å². The minimum absolute atomic E-state index is 0.0860. The highest BCUT2D eigenvalue weighted by molar-refractivity contribution is 5.85. The first-order chi connectivity index (χ1) is 11.4. The second-order valence-corrected chi connectivity index (χ2v) is 6.90. The fourth-order valence-corrected chi connectivity index (χ4v) is 3.42. The van der Waals surface area contributed by atoms with Crippen molar-refractivity contribution in [3.05, 3.63) is 66.0 Å². The summed E-state index contributed by atoms with van der Waals surface area (Å²) >= 11 is 0. The SMILES string of the molecule is CC(c1ccccc1)C(C(=O)N(C(C)C)C(C)C)c1cccnc1.